The zero-order chi connectivity index (χ0) is 19.3. The number of carbonyl (C=O) groups is 1. The lowest BCUT2D eigenvalue weighted by Gasteiger charge is -2.28. The molecule has 0 saturated carbocycles. The van der Waals surface area contributed by atoms with E-state index in [1.54, 1.807) is 11.3 Å². The van der Waals surface area contributed by atoms with E-state index in [0.717, 1.165) is 35.4 Å². The number of nitrogens with one attached hydrogen (secondary N) is 2. The first-order chi connectivity index (χ1) is 12.9. The number of hydrogen-bond acceptors (Lipinski definition) is 5. The van der Waals surface area contributed by atoms with Crippen molar-refractivity contribution in [2.45, 2.75) is 39.3 Å². The van der Waals surface area contributed by atoms with Gasteiger partial charge in [-0.2, -0.15) is 0 Å². The van der Waals surface area contributed by atoms with Gasteiger partial charge in [0.1, 0.15) is 11.2 Å². The van der Waals surface area contributed by atoms with Gasteiger partial charge in [0.15, 0.2) is 11.5 Å². The number of anilines is 1. The Hall–Kier alpha value is -1.63. The van der Waals surface area contributed by atoms with Gasteiger partial charge >= 0.3 is 0 Å². The smallest absolute Gasteiger partial charge is 0.256 e. The molecular formula is C19H20Cl2N2O3S. The van der Waals surface area contributed by atoms with Crippen LogP contribution in [0.2, 0.25) is 10.0 Å². The Labute approximate surface area is 171 Å². The molecule has 1 amide bonds. The summed E-state index contributed by atoms with van der Waals surface area (Å²) in [7, 11) is 0. The van der Waals surface area contributed by atoms with Crippen LogP contribution in [0.1, 0.15) is 52.8 Å². The number of aromatic hydroxyl groups is 1. The monoisotopic (exact) mass is 426 g/mol. The van der Waals surface area contributed by atoms with Crippen molar-refractivity contribution in [3.63, 3.8) is 0 Å². The predicted octanol–water partition coefficient (Wildman–Crippen LogP) is 5.14. The molecule has 0 fully saturated rings. The van der Waals surface area contributed by atoms with E-state index in [9.17, 15) is 9.90 Å². The Kier molecular flexibility index (Phi) is 4.91. The number of amides is 1. The van der Waals surface area contributed by atoms with Crippen LogP contribution < -0.4 is 15.4 Å². The molecule has 1 aliphatic carbocycles. The van der Waals surface area contributed by atoms with Crippen molar-refractivity contribution in [1.82, 2.24) is 5.32 Å². The van der Waals surface area contributed by atoms with Crippen LogP contribution in [0, 0.1) is 5.92 Å². The highest BCUT2D eigenvalue weighted by Gasteiger charge is 2.35. The third-order valence-corrected chi connectivity index (χ3v) is 7.06. The van der Waals surface area contributed by atoms with Gasteiger partial charge in [-0.25, -0.2) is 0 Å². The first kappa shape index (κ1) is 18.7. The number of ether oxygens (including phenoxy) is 1. The molecule has 2 unspecified atom stereocenters. The first-order valence-electron chi connectivity index (χ1n) is 8.96. The molecule has 27 heavy (non-hydrogen) atoms. The quantitative estimate of drug-likeness (QED) is 0.635. The second-order valence-electron chi connectivity index (χ2n) is 6.97. The lowest BCUT2D eigenvalue weighted by atomic mass is 9.88. The summed E-state index contributed by atoms with van der Waals surface area (Å²) in [5.74, 6) is 0.580. The summed E-state index contributed by atoms with van der Waals surface area (Å²) in [5.41, 5.74) is 2.18. The van der Waals surface area contributed by atoms with Gasteiger partial charge in [-0.1, -0.05) is 30.1 Å². The zero-order valence-electron chi connectivity index (χ0n) is 15.0. The van der Waals surface area contributed by atoms with E-state index in [1.807, 2.05) is 6.92 Å². The summed E-state index contributed by atoms with van der Waals surface area (Å²) < 4.78 is 5.45. The van der Waals surface area contributed by atoms with Crippen LogP contribution in [0.25, 0.3) is 0 Å². The summed E-state index contributed by atoms with van der Waals surface area (Å²) in [6, 6.07) is 1.48. The fraction of sp³-hybridized carbons (Fsp3) is 0.421. The molecule has 0 spiro atoms. The predicted molar refractivity (Wildman–Crippen MR) is 109 cm³/mol. The van der Waals surface area contributed by atoms with Gasteiger partial charge < -0.3 is 20.5 Å². The largest absolute Gasteiger partial charge is 0.504 e. The number of thiophene rings is 1. The lowest BCUT2D eigenvalue weighted by Crippen LogP contribution is -2.38. The van der Waals surface area contributed by atoms with Crippen molar-refractivity contribution in [2.24, 2.45) is 5.92 Å². The number of rotatable bonds is 3. The van der Waals surface area contributed by atoms with Crippen molar-refractivity contribution in [2.75, 3.05) is 11.9 Å². The Morgan fingerprint density at radius 3 is 2.89 bits per heavy atom. The summed E-state index contributed by atoms with van der Waals surface area (Å²) in [5, 5.41) is 18.2. The molecule has 2 heterocycles. The van der Waals surface area contributed by atoms with Crippen LogP contribution in [0.4, 0.5) is 5.00 Å². The Balaban J connectivity index is 1.76. The average Bonchev–Trinajstić information content (AvgIpc) is 2.97. The highest BCUT2D eigenvalue weighted by Crippen LogP contribution is 2.47. The van der Waals surface area contributed by atoms with Crippen molar-refractivity contribution >= 4 is 45.4 Å². The van der Waals surface area contributed by atoms with E-state index >= 15 is 0 Å². The highest BCUT2D eigenvalue weighted by molar-refractivity contribution is 7.16. The Bertz CT molecular complexity index is 928. The zero-order valence-corrected chi connectivity index (χ0v) is 17.3. The van der Waals surface area contributed by atoms with E-state index in [2.05, 4.69) is 17.6 Å². The summed E-state index contributed by atoms with van der Waals surface area (Å²) in [4.78, 5) is 14.1. The van der Waals surface area contributed by atoms with Crippen molar-refractivity contribution < 1.29 is 14.6 Å². The molecule has 1 aromatic heterocycles. The summed E-state index contributed by atoms with van der Waals surface area (Å²) in [6.07, 6.45) is 2.31. The van der Waals surface area contributed by atoms with Gasteiger partial charge in [0.25, 0.3) is 5.91 Å². The van der Waals surface area contributed by atoms with Crippen molar-refractivity contribution in [3.05, 3.63) is 37.7 Å². The van der Waals surface area contributed by atoms with Gasteiger partial charge in [0.2, 0.25) is 0 Å². The number of halogens is 2. The SMILES string of the molecule is CCOc1cc(Cl)c(Cl)c(C2NC(=O)c3c(sc4c3CCC(C)C4)N2)c1O. The van der Waals surface area contributed by atoms with Gasteiger partial charge in [-0.05, 0) is 37.7 Å². The maximum Gasteiger partial charge on any atom is 0.256 e. The van der Waals surface area contributed by atoms with Crippen molar-refractivity contribution in [3.8, 4) is 11.5 Å². The molecule has 8 heteroatoms. The van der Waals surface area contributed by atoms with Crippen LogP contribution in [0.15, 0.2) is 6.07 Å². The topological polar surface area (TPSA) is 70.6 Å². The molecule has 2 aromatic rings. The fourth-order valence-electron chi connectivity index (χ4n) is 3.75. The second-order valence-corrected chi connectivity index (χ2v) is 8.86. The lowest BCUT2D eigenvalue weighted by molar-refractivity contribution is 0.0934. The highest BCUT2D eigenvalue weighted by atomic mass is 35.5. The van der Waals surface area contributed by atoms with Crippen LogP contribution in [-0.2, 0) is 12.8 Å². The van der Waals surface area contributed by atoms with Gasteiger partial charge in [0.05, 0.1) is 27.8 Å². The minimum atomic E-state index is -0.687. The number of phenols is 1. The maximum absolute atomic E-state index is 12.9. The molecule has 0 bridgehead atoms. The van der Waals surface area contributed by atoms with Gasteiger partial charge in [-0.3, -0.25) is 4.79 Å². The Morgan fingerprint density at radius 2 is 2.15 bits per heavy atom. The fourth-order valence-corrected chi connectivity index (χ4v) is 5.64. The number of benzene rings is 1. The molecule has 2 atom stereocenters. The normalized spacial score (nSPS) is 21.1. The van der Waals surface area contributed by atoms with E-state index in [-0.39, 0.29) is 27.5 Å². The summed E-state index contributed by atoms with van der Waals surface area (Å²) >= 11 is 14.2. The molecule has 2 aliphatic rings. The molecule has 0 radical (unpaired) electrons. The standard InChI is InChI=1S/C19H20Cl2N2O3S/c1-3-26-11-7-10(20)15(21)14(16(11)24)17-22-18(25)13-9-5-4-8(2)6-12(9)27-19(13)23-17/h7-8,17,23-24H,3-6H2,1-2H3,(H,22,25). The number of phenolic OH excluding ortho intramolecular Hbond substituents is 1. The summed E-state index contributed by atoms with van der Waals surface area (Å²) in [6.45, 7) is 4.41. The van der Waals surface area contributed by atoms with Gasteiger partial charge in [-0.15, -0.1) is 11.3 Å². The number of carbonyl (C=O) groups excluding carboxylic acids is 1. The molecule has 1 aliphatic heterocycles. The molecule has 4 rings (SSSR count). The number of fused-ring (bicyclic) bond motifs is 3. The molecule has 144 valence electrons. The molecule has 1 aromatic carbocycles. The van der Waals surface area contributed by atoms with Crippen LogP contribution in [0.5, 0.6) is 11.5 Å². The van der Waals surface area contributed by atoms with E-state index < -0.39 is 6.17 Å². The van der Waals surface area contributed by atoms with E-state index in [0.29, 0.717) is 18.1 Å². The number of hydrogen-bond donors (Lipinski definition) is 3. The average molecular weight is 427 g/mol. The van der Waals surface area contributed by atoms with Crippen LogP contribution in [0.3, 0.4) is 0 Å². The van der Waals surface area contributed by atoms with Gasteiger partial charge in [0, 0.05) is 10.9 Å². The van der Waals surface area contributed by atoms with Crippen LogP contribution >= 0.6 is 34.5 Å². The molecule has 3 N–H and O–H groups in total. The minimum Gasteiger partial charge on any atom is -0.504 e. The molecular weight excluding hydrogens is 407 g/mol. The van der Waals surface area contributed by atoms with E-state index in [4.69, 9.17) is 27.9 Å². The molecule has 5 nitrogen and oxygen atoms in total. The first-order valence-corrected chi connectivity index (χ1v) is 10.5. The Morgan fingerprint density at radius 1 is 1.37 bits per heavy atom. The third-order valence-electron chi connectivity index (χ3n) is 5.07. The minimum absolute atomic E-state index is 0.123. The van der Waals surface area contributed by atoms with Crippen LogP contribution in [-0.4, -0.2) is 17.6 Å². The third kappa shape index (κ3) is 3.13. The van der Waals surface area contributed by atoms with Crippen molar-refractivity contribution in [1.29, 1.82) is 0 Å². The second kappa shape index (κ2) is 7.08. The maximum atomic E-state index is 12.9. The van der Waals surface area contributed by atoms with E-state index in [1.165, 1.54) is 10.9 Å². The molecule has 0 saturated heterocycles.